The van der Waals surface area contributed by atoms with Crippen LogP contribution in [0, 0.1) is 0 Å². The van der Waals surface area contributed by atoms with Crippen LogP contribution in [0.5, 0.6) is 0 Å². The molecule has 1 aromatic rings. The van der Waals surface area contributed by atoms with Crippen molar-refractivity contribution in [1.82, 2.24) is 5.32 Å². The van der Waals surface area contributed by atoms with E-state index in [1.165, 1.54) is 49.3 Å². The van der Waals surface area contributed by atoms with Gasteiger partial charge in [0.1, 0.15) is 5.76 Å². The minimum Gasteiger partial charge on any atom is -0.469 e. The molecule has 0 spiro atoms. The number of aryl methyl sites for hydroxylation is 1. The average molecular weight is 237 g/mol. The van der Waals surface area contributed by atoms with E-state index in [1.807, 2.05) is 6.26 Å². The largest absolute Gasteiger partial charge is 0.469 e. The molecule has 2 nitrogen and oxygen atoms in total. The van der Waals surface area contributed by atoms with E-state index in [0.717, 1.165) is 11.7 Å². The van der Waals surface area contributed by atoms with Crippen molar-refractivity contribution in [3.05, 3.63) is 23.7 Å². The minimum atomic E-state index is 0.545. The molecule has 1 aliphatic heterocycles. The van der Waals surface area contributed by atoms with Gasteiger partial charge in [-0.15, -0.1) is 0 Å². The molecule has 1 fully saturated rings. The standard InChI is InChI=1S/C13H19NOS/c1-4-12(11-6-7-15-13(11)5-1)14-9-10-3-2-8-16-10/h6-7,10,12,14H,1-5,8-9H2. The Hall–Kier alpha value is -0.410. The van der Waals surface area contributed by atoms with Crippen LogP contribution in [0.2, 0.25) is 0 Å². The first-order valence-corrected chi connectivity index (χ1v) is 7.39. The molecular formula is C13H19NOS. The van der Waals surface area contributed by atoms with Crippen LogP contribution in [0.4, 0.5) is 0 Å². The van der Waals surface area contributed by atoms with E-state index in [2.05, 4.69) is 23.1 Å². The second kappa shape index (κ2) is 4.84. The van der Waals surface area contributed by atoms with Crippen molar-refractivity contribution in [2.24, 2.45) is 0 Å². The van der Waals surface area contributed by atoms with Crippen LogP contribution in [-0.2, 0) is 6.42 Å². The van der Waals surface area contributed by atoms with Gasteiger partial charge >= 0.3 is 0 Å². The molecule has 2 aliphatic rings. The van der Waals surface area contributed by atoms with Gasteiger partial charge in [-0.2, -0.15) is 11.8 Å². The average Bonchev–Trinajstić information content (AvgIpc) is 2.97. The van der Waals surface area contributed by atoms with Gasteiger partial charge in [0.05, 0.1) is 6.26 Å². The monoisotopic (exact) mass is 237 g/mol. The van der Waals surface area contributed by atoms with Crippen molar-refractivity contribution in [1.29, 1.82) is 0 Å². The minimum absolute atomic E-state index is 0.545. The maximum atomic E-state index is 5.51. The molecule has 2 atom stereocenters. The first kappa shape index (κ1) is 10.7. The molecule has 1 saturated heterocycles. The fourth-order valence-electron chi connectivity index (χ4n) is 2.78. The van der Waals surface area contributed by atoms with Crippen LogP contribution in [0.25, 0.3) is 0 Å². The summed E-state index contributed by atoms with van der Waals surface area (Å²) in [6.45, 7) is 1.17. The van der Waals surface area contributed by atoms with E-state index in [9.17, 15) is 0 Å². The van der Waals surface area contributed by atoms with Crippen molar-refractivity contribution in [3.8, 4) is 0 Å². The summed E-state index contributed by atoms with van der Waals surface area (Å²) < 4.78 is 5.51. The summed E-state index contributed by atoms with van der Waals surface area (Å²) in [5.74, 6) is 2.57. The summed E-state index contributed by atoms with van der Waals surface area (Å²) in [6.07, 6.45) is 8.29. The third-order valence-electron chi connectivity index (χ3n) is 3.67. The summed E-state index contributed by atoms with van der Waals surface area (Å²) in [5.41, 5.74) is 1.41. The molecule has 88 valence electrons. The van der Waals surface area contributed by atoms with Gasteiger partial charge < -0.3 is 9.73 Å². The summed E-state index contributed by atoms with van der Waals surface area (Å²) in [4.78, 5) is 0. The quantitative estimate of drug-likeness (QED) is 0.874. The number of thioether (sulfide) groups is 1. The molecule has 0 saturated carbocycles. The van der Waals surface area contributed by atoms with E-state index in [1.54, 1.807) is 0 Å². The SMILES string of the molecule is c1cc2c(o1)CCCC2NCC1CCCS1. The highest BCUT2D eigenvalue weighted by atomic mass is 32.2. The molecule has 0 bridgehead atoms. The highest BCUT2D eigenvalue weighted by Gasteiger charge is 2.23. The predicted octanol–water partition coefficient (Wildman–Crippen LogP) is 3.14. The number of rotatable bonds is 3. The van der Waals surface area contributed by atoms with E-state index >= 15 is 0 Å². The topological polar surface area (TPSA) is 25.2 Å². The Balaban J connectivity index is 1.59. The van der Waals surface area contributed by atoms with Crippen molar-refractivity contribution < 1.29 is 4.42 Å². The lowest BCUT2D eigenvalue weighted by atomic mass is 9.93. The second-order valence-electron chi connectivity index (χ2n) is 4.79. The lowest BCUT2D eigenvalue weighted by Gasteiger charge is -2.24. The first-order chi connectivity index (χ1) is 7.93. The van der Waals surface area contributed by atoms with E-state index in [-0.39, 0.29) is 0 Å². The summed E-state index contributed by atoms with van der Waals surface area (Å²) in [5, 5.41) is 4.57. The van der Waals surface area contributed by atoms with Crippen molar-refractivity contribution in [2.45, 2.75) is 43.4 Å². The van der Waals surface area contributed by atoms with Gasteiger partial charge in [-0.3, -0.25) is 0 Å². The van der Waals surface area contributed by atoms with E-state index in [0.29, 0.717) is 6.04 Å². The predicted molar refractivity (Wildman–Crippen MR) is 67.9 cm³/mol. The Kier molecular flexibility index (Phi) is 3.25. The van der Waals surface area contributed by atoms with Gasteiger partial charge in [0.25, 0.3) is 0 Å². The molecule has 2 unspecified atom stereocenters. The zero-order valence-corrected chi connectivity index (χ0v) is 10.4. The molecule has 1 aromatic heterocycles. The van der Waals surface area contributed by atoms with Crippen LogP contribution < -0.4 is 5.32 Å². The Labute approximate surface area is 101 Å². The Morgan fingerprint density at radius 2 is 2.38 bits per heavy atom. The van der Waals surface area contributed by atoms with Crippen LogP contribution in [0.15, 0.2) is 16.7 Å². The van der Waals surface area contributed by atoms with Gasteiger partial charge in [-0.25, -0.2) is 0 Å². The Bertz CT molecular complexity index is 343. The molecule has 16 heavy (non-hydrogen) atoms. The third kappa shape index (κ3) is 2.16. The zero-order valence-electron chi connectivity index (χ0n) is 9.58. The number of nitrogens with one attached hydrogen (secondary N) is 1. The third-order valence-corrected chi connectivity index (χ3v) is 5.07. The molecular weight excluding hydrogens is 218 g/mol. The van der Waals surface area contributed by atoms with Gasteiger partial charge in [0.2, 0.25) is 0 Å². The van der Waals surface area contributed by atoms with Crippen LogP contribution in [-0.4, -0.2) is 17.5 Å². The van der Waals surface area contributed by atoms with Crippen LogP contribution in [0.3, 0.4) is 0 Å². The first-order valence-electron chi connectivity index (χ1n) is 6.35. The maximum absolute atomic E-state index is 5.51. The van der Waals surface area contributed by atoms with Crippen LogP contribution in [0.1, 0.15) is 43.0 Å². The summed E-state index contributed by atoms with van der Waals surface area (Å²) in [6, 6.07) is 2.69. The van der Waals surface area contributed by atoms with Crippen LogP contribution >= 0.6 is 11.8 Å². The smallest absolute Gasteiger partial charge is 0.108 e. The van der Waals surface area contributed by atoms with Gasteiger partial charge in [0, 0.05) is 29.8 Å². The highest BCUT2D eigenvalue weighted by Crippen LogP contribution is 2.31. The fourth-order valence-corrected chi connectivity index (χ4v) is 3.99. The molecule has 1 aliphatic carbocycles. The van der Waals surface area contributed by atoms with Gasteiger partial charge in [0.15, 0.2) is 0 Å². The van der Waals surface area contributed by atoms with E-state index in [4.69, 9.17) is 4.42 Å². The molecule has 3 heteroatoms. The maximum Gasteiger partial charge on any atom is 0.108 e. The molecule has 3 rings (SSSR count). The lowest BCUT2D eigenvalue weighted by Crippen LogP contribution is -2.29. The molecule has 0 aromatic carbocycles. The number of furan rings is 1. The number of hydrogen-bond acceptors (Lipinski definition) is 3. The Morgan fingerprint density at radius 1 is 1.38 bits per heavy atom. The van der Waals surface area contributed by atoms with Crippen molar-refractivity contribution in [3.63, 3.8) is 0 Å². The van der Waals surface area contributed by atoms with E-state index < -0.39 is 0 Å². The number of fused-ring (bicyclic) bond motifs is 1. The summed E-state index contributed by atoms with van der Waals surface area (Å²) >= 11 is 2.13. The molecule has 1 N–H and O–H groups in total. The molecule has 0 radical (unpaired) electrons. The fraction of sp³-hybridized carbons (Fsp3) is 0.692. The molecule has 0 amide bonds. The second-order valence-corrected chi connectivity index (χ2v) is 6.20. The zero-order chi connectivity index (χ0) is 10.8. The van der Waals surface area contributed by atoms with Gasteiger partial charge in [-0.1, -0.05) is 0 Å². The number of hydrogen-bond donors (Lipinski definition) is 1. The highest BCUT2D eigenvalue weighted by molar-refractivity contribution is 8.00. The molecule has 2 heterocycles. The van der Waals surface area contributed by atoms with Crippen molar-refractivity contribution in [2.75, 3.05) is 12.3 Å². The summed E-state index contributed by atoms with van der Waals surface area (Å²) in [7, 11) is 0. The van der Waals surface area contributed by atoms with Gasteiger partial charge in [-0.05, 0) is 37.5 Å². The normalized spacial score (nSPS) is 29.2. The Morgan fingerprint density at radius 3 is 3.25 bits per heavy atom. The lowest BCUT2D eigenvalue weighted by molar-refractivity contribution is 0.411. The van der Waals surface area contributed by atoms with Crippen molar-refractivity contribution >= 4 is 11.8 Å².